The van der Waals surface area contributed by atoms with E-state index in [1.54, 1.807) is 24.5 Å². The first-order valence-corrected chi connectivity index (χ1v) is 11.4. The van der Waals surface area contributed by atoms with E-state index >= 15 is 0 Å². The Morgan fingerprint density at radius 3 is 2.67 bits per heavy atom. The molecule has 166 valence electrons. The van der Waals surface area contributed by atoms with Crippen LogP contribution >= 0.6 is 23.4 Å². The van der Waals surface area contributed by atoms with E-state index in [9.17, 15) is 4.79 Å². The Labute approximate surface area is 200 Å². The highest BCUT2D eigenvalue weighted by molar-refractivity contribution is 7.99. The topological polar surface area (TPSA) is 85.3 Å². The second-order valence-corrected chi connectivity index (χ2v) is 8.34. The molecule has 0 atom stereocenters. The molecule has 0 spiro atoms. The number of thioether (sulfide) groups is 1. The number of aryl methyl sites for hydroxylation is 1. The molecule has 0 aliphatic carbocycles. The summed E-state index contributed by atoms with van der Waals surface area (Å²) in [5.74, 6) is 1.25. The monoisotopic (exact) mass is 477 g/mol. The van der Waals surface area contributed by atoms with Gasteiger partial charge in [-0.1, -0.05) is 53.2 Å². The van der Waals surface area contributed by atoms with Crippen molar-refractivity contribution in [3.8, 4) is 17.1 Å². The van der Waals surface area contributed by atoms with Gasteiger partial charge in [-0.3, -0.25) is 9.36 Å². The van der Waals surface area contributed by atoms with Crippen LogP contribution in [0, 0.1) is 6.92 Å². The summed E-state index contributed by atoms with van der Waals surface area (Å²) in [5.41, 5.74) is 5.43. The minimum Gasteiger partial charge on any atom is -0.465 e. The summed E-state index contributed by atoms with van der Waals surface area (Å²) in [4.78, 5) is 12.3. The Hall–Kier alpha value is -3.62. The number of hydrogen-bond donors (Lipinski definition) is 1. The molecule has 7 nitrogen and oxygen atoms in total. The molecule has 0 aliphatic heterocycles. The molecule has 4 aromatic rings. The highest BCUT2D eigenvalue weighted by atomic mass is 35.5. The van der Waals surface area contributed by atoms with Gasteiger partial charge in [-0.05, 0) is 55.5 Å². The molecule has 2 aromatic carbocycles. The van der Waals surface area contributed by atoms with Crippen molar-refractivity contribution in [3.05, 3.63) is 89.3 Å². The summed E-state index contributed by atoms with van der Waals surface area (Å²) >= 11 is 7.34. The number of nitrogens with one attached hydrogen (secondary N) is 1. The first kappa shape index (κ1) is 22.6. The Morgan fingerprint density at radius 1 is 1.15 bits per heavy atom. The zero-order valence-electron chi connectivity index (χ0n) is 17.7. The third-order valence-electron chi connectivity index (χ3n) is 4.51. The summed E-state index contributed by atoms with van der Waals surface area (Å²) in [5, 5.41) is 13.8. The van der Waals surface area contributed by atoms with Gasteiger partial charge < -0.3 is 4.42 Å². The third kappa shape index (κ3) is 6.00. The lowest BCUT2D eigenvalue weighted by Gasteiger charge is -2.10. The zero-order chi connectivity index (χ0) is 23.0. The van der Waals surface area contributed by atoms with Gasteiger partial charge in [0.15, 0.2) is 11.0 Å². The van der Waals surface area contributed by atoms with Crippen molar-refractivity contribution in [2.45, 2.75) is 12.1 Å². The number of allylic oxidation sites excluding steroid dienone is 1. The molecule has 1 N–H and O–H groups in total. The number of carbonyl (C=O) groups is 1. The number of aromatic nitrogens is 3. The lowest BCUT2D eigenvalue weighted by molar-refractivity contribution is -0.118. The minimum absolute atomic E-state index is 0.124. The molecule has 0 saturated heterocycles. The van der Waals surface area contributed by atoms with Crippen molar-refractivity contribution >= 4 is 41.6 Å². The van der Waals surface area contributed by atoms with Crippen LogP contribution in [0.2, 0.25) is 5.02 Å². The van der Waals surface area contributed by atoms with Gasteiger partial charge in [0.2, 0.25) is 0 Å². The fourth-order valence-corrected chi connectivity index (χ4v) is 3.78. The van der Waals surface area contributed by atoms with Crippen LogP contribution in [0.3, 0.4) is 0 Å². The van der Waals surface area contributed by atoms with E-state index in [1.807, 2.05) is 66.1 Å². The molecule has 0 radical (unpaired) electrons. The fraction of sp³-hybridized carbons (Fsp3) is 0.0833. The number of amides is 1. The van der Waals surface area contributed by atoms with Crippen LogP contribution in [-0.2, 0) is 4.79 Å². The second-order valence-electron chi connectivity index (χ2n) is 6.96. The molecule has 1 amide bonds. The first-order valence-electron chi connectivity index (χ1n) is 10.0. The van der Waals surface area contributed by atoms with Crippen molar-refractivity contribution in [2.75, 3.05) is 5.75 Å². The normalized spacial score (nSPS) is 11.5. The van der Waals surface area contributed by atoms with Gasteiger partial charge in [-0.2, -0.15) is 5.10 Å². The van der Waals surface area contributed by atoms with Crippen molar-refractivity contribution in [3.63, 3.8) is 0 Å². The average Bonchev–Trinajstić information content (AvgIpc) is 3.49. The van der Waals surface area contributed by atoms with Crippen molar-refractivity contribution < 1.29 is 9.21 Å². The number of halogens is 1. The highest BCUT2D eigenvalue weighted by Crippen LogP contribution is 2.28. The van der Waals surface area contributed by atoms with E-state index in [0.29, 0.717) is 21.8 Å². The van der Waals surface area contributed by atoms with Crippen LogP contribution in [0.5, 0.6) is 0 Å². The number of hydrogen-bond acceptors (Lipinski definition) is 6. The number of benzene rings is 2. The van der Waals surface area contributed by atoms with Crippen LogP contribution in [0.25, 0.3) is 23.2 Å². The van der Waals surface area contributed by atoms with Crippen LogP contribution in [0.1, 0.15) is 11.3 Å². The lowest BCUT2D eigenvalue weighted by atomic mass is 10.1. The Balaban J connectivity index is 1.47. The van der Waals surface area contributed by atoms with E-state index in [0.717, 1.165) is 16.8 Å². The number of rotatable bonds is 8. The summed E-state index contributed by atoms with van der Waals surface area (Å²) in [7, 11) is 0. The van der Waals surface area contributed by atoms with E-state index in [2.05, 4.69) is 20.7 Å². The van der Waals surface area contributed by atoms with E-state index < -0.39 is 0 Å². The average molecular weight is 478 g/mol. The van der Waals surface area contributed by atoms with E-state index in [4.69, 9.17) is 16.0 Å². The Morgan fingerprint density at radius 2 is 1.94 bits per heavy atom. The molecule has 2 heterocycles. The number of furan rings is 1. The predicted octanol–water partition coefficient (Wildman–Crippen LogP) is 5.40. The summed E-state index contributed by atoms with van der Waals surface area (Å²) in [6.45, 7) is 2.03. The van der Waals surface area contributed by atoms with Gasteiger partial charge in [0.05, 0.1) is 12.0 Å². The Kier molecular flexibility index (Phi) is 7.39. The van der Waals surface area contributed by atoms with Crippen molar-refractivity contribution in [1.29, 1.82) is 0 Å². The molecule has 33 heavy (non-hydrogen) atoms. The van der Waals surface area contributed by atoms with Gasteiger partial charge in [-0.25, -0.2) is 5.43 Å². The summed E-state index contributed by atoms with van der Waals surface area (Å²) in [6.07, 6.45) is 6.49. The van der Waals surface area contributed by atoms with Gasteiger partial charge in [0.1, 0.15) is 5.76 Å². The van der Waals surface area contributed by atoms with E-state index in [-0.39, 0.29) is 11.7 Å². The van der Waals surface area contributed by atoms with Crippen molar-refractivity contribution in [2.24, 2.45) is 5.10 Å². The van der Waals surface area contributed by atoms with Gasteiger partial charge >= 0.3 is 0 Å². The molecule has 0 saturated carbocycles. The van der Waals surface area contributed by atoms with Crippen molar-refractivity contribution in [1.82, 2.24) is 20.2 Å². The summed E-state index contributed by atoms with van der Waals surface area (Å²) in [6, 6.07) is 19.1. The van der Waals surface area contributed by atoms with E-state index in [1.165, 1.54) is 18.0 Å². The van der Waals surface area contributed by atoms with Crippen LogP contribution in [0.4, 0.5) is 0 Å². The number of carbonyl (C=O) groups excluding carboxylic acids is 1. The molecule has 2 aromatic heterocycles. The zero-order valence-corrected chi connectivity index (χ0v) is 19.3. The molecule has 0 unspecified atom stereocenters. The van der Waals surface area contributed by atoms with Gasteiger partial charge in [0, 0.05) is 22.5 Å². The largest absolute Gasteiger partial charge is 0.465 e. The lowest BCUT2D eigenvalue weighted by Crippen LogP contribution is -2.19. The SMILES string of the molecule is Cc1ccc(-c2nnc(SCC(=O)N/N=C/C=C\c3ccco3)n2-c2ccc(Cl)cc2)cc1. The number of hydrazone groups is 1. The predicted molar refractivity (Wildman–Crippen MR) is 132 cm³/mol. The molecular formula is C24H20ClN5O2S. The maximum absolute atomic E-state index is 12.3. The van der Waals surface area contributed by atoms with Crippen LogP contribution in [0.15, 0.2) is 87.7 Å². The molecule has 9 heteroatoms. The quantitative estimate of drug-likeness (QED) is 0.209. The van der Waals surface area contributed by atoms with Gasteiger partial charge in [0.25, 0.3) is 5.91 Å². The smallest absolute Gasteiger partial charge is 0.250 e. The molecule has 0 aliphatic rings. The maximum atomic E-state index is 12.3. The van der Waals surface area contributed by atoms with Gasteiger partial charge in [-0.15, -0.1) is 10.2 Å². The second kappa shape index (κ2) is 10.8. The minimum atomic E-state index is -0.259. The third-order valence-corrected chi connectivity index (χ3v) is 5.69. The maximum Gasteiger partial charge on any atom is 0.250 e. The molecular weight excluding hydrogens is 458 g/mol. The molecule has 0 fully saturated rings. The van der Waals surface area contributed by atoms with Crippen LogP contribution in [-0.4, -0.2) is 32.6 Å². The highest BCUT2D eigenvalue weighted by Gasteiger charge is 2.17. The summed E-state index contributed by atoms with van der Waals surface area (Å²) < 4.78 is 7.09. The number of nitrogens with zero attached hydrogens (tertiary/aromatic N) is 4. The Bertz CT molecular complexity index is 1260. The standard InChI is InChI=1S/C24H20ClN5O2S/c1-17-6-8-18(9-7-17)23-28-29-24(30(23)20-12-10-19(25)11-13-20)33-16-22(31)27-26-14-2-4-21-5-3-15-32-21/h2-15H,16H2,1H3,(H,27,31)/b4-2-,26-14+. The first-order chi connectivity index (χ1) is 16.1. The molecule has 4 rings (SSSR count). The van der Waals surface area contributed by atoms with Crippen LogP contribution < -0.4 is 5.43 Å². The molecule has 0 bridgehead atoms. The fourth-order valence-electron chi connectivity index (χ4n) is 2.91.